The Kier molecular flexibility index (Phi) is 4.50. The van der Waals surface area contributed by atoms with Crippen molar-refractivity contribution in [3.8, 4) is 11.5 Å². The second kappa shape index (κ2) is 6.12. The number of carbonyl (C=O) groups is 1. The maximum Gasteiger partial charge on any atom is 0.275 e. The van der Waals surface area contributed by atoms with E-state index in [2.05, 4.69) is 5.48 Å². The number of fused-ring (bicyclic) bond motifs is 1. The van der Waals surface area contributed by atoms with Crippen LogP contribution < -0.4 is 15.0 Å². The molecule has 0 radical (unpaired) electrons. The predicted octanol–water partition coefficient (Wildman–Crippen LogP) is 2.43. The van der Waals surface area contributed by atoms with Crippen LogP contribution in [0.5, 0.6) is 11.5 Å². The van der Waals surface area contributed by atoms with Crippen molar-refractivity contribution in [1.82, 2.24) is 5.48 Å². The van der Waals surface area contributed by atoms with E-state index in [0.29, 0.717) is 47.8 Å². The van der Waals surface area contributed by atoms with Crippen LogP contribution in [0.2, 0.25) is 5.02 Å². The summed E-state index contributed by atoms with van der Waals surface area (Å²) in [6.07, 6.45) is 0. The normalized spacial score (nSPS) is 13.5. The Hall–Kier alpha value is -1.46. The standard InChI is InChI=1S/C13H16ClNO4/c1-8(2)7-19-15-13(16)9-5-10(14)12-11(6-9)17-3-4-18-12/h5-6,8H,3-4,7H2,1-2H3,(H,15,16). The fourth-order valence-corrected chi connectivity index (χ4v) is 1.84. The van der Waals surface area contributed by atoms with Crippen LogP contribution in [0.15, 0.2) is 12.1 Å². The van der Waals surface area contributed by atoms with E-state index in [0.717, 1.165) is 0 Å². The Balaban J connectivity index is 2.08. The van der Waals surface area contributed by atoms with E-state index in [9.17, 15) is 4.79 Å². The molecule has 0 bridgehead atoms. The lowest BCUT2D eigenvalue weighted by Crippen LogP contribution is -2.26. The molecule has 1 aromatic rings. The first-order chi connectivity index (χ1) is 9.08. The lowest BCUT2D eigenvalue weighted by Gasteiger charge is -2.20. The Morgan fingerprint density at radius 2 is 2.16 bits per heavy atom. The minimum absolute atomic E-state index is 0.337. The molecule has 0 saturated heterocycles. The fraction of sp³-hybridized carbons (Fsp3) is 0.462. The lowest BCUT2D eigenvalue weighted by atomic mass is 10.2. The first-order valence-corrected chi connectivity index (χ1v) is 6.47. The smallest absolute Gasteiger partial charge is 0.275 e. The highest BCUT2D eigenvalue weighted by Gasteiger charge is 2.19. The number of benzene rings is 1. The summed E-state index contributed by atoms with van der Waals surface area (Å²) in [5, 5.41) is 0.353. The molecule has 0 aliphatic carbocycles. The second-order valence-corrected chi connectivity index (χ2v) is 5.03. The SMILES string of the molecule is CC(C)CONC(=O)c1cc(Cl)c2c(c1)OCCO2. The summed E-state index contributed by atoms with van der Waals surface area (Å²) in [6.45, 7) is 5.33. The van der Waals surface area contributed by atoms with Gasteiger partial charge in [-0.1, -0.05) is 25.4 Å². The van der Waals surface area contributed by atoms with Crippen LogP contribution >= 0.6 is 11.6 Å². The van der Waals surface area contributed by atoms with Gasteiger partial charge in [0, 0.05) is 5.56 Å². The summed E-state index contributed by atoms with van der Waals surface area (Å²) in [4.78, 5) is 17.0. The average Bonchev–Trinajstić information content (AvgIpc) is 2.38. The van der Waals surface area contributed by atoms with Crippen molar-refractivity contribution in [2.45, 2.75) is 13.8 Å². The minimum atomic E-state index is -0.362. The number of rotatable bonds is 4. The van der Waals surface area contributed by atoms with Gasteiger partial charge in [0.2, 0.25) is 0 Å². The van der Waals surface area contributed by atoms with E-state index in [1.807, 2.05) is 13.8 Å². The third-order valence-electron chi connectivity index (χ3n) is 2.44. The molecule has 5 nitrogen and oxygen atoms in total. The fourth-order valence-electron chi connectivity index (χ4n) is 1.57. The number of halogens is 1. The van der Waals surface area contributed by atoms with E-state index in [-0.39, 0.29) is 5.91 Å². The van der Waals surface area contributed by atoms with Crippen molar-refractivity contribution < 1.29 is 19.1 Å². The molecule has 1 aromatic carbocycles. The first kappa shape index (κ1) is 14.0. The van der Waals surface area contributed by atoms with Gasteiger partial charge >= 0.3 is 0 Å². The van der Waals surface area contributed by atoms with E-state index in [1.54, 1.807) is 6.07 Å². The number of nitrogens with one attached hydrogen (secondary N) is 1. The van der Waals surface area contributed by atoms with Crippen LogP contribution in [0, 0.1) is 5.92 Å². The van der Waals surface area contributed by atoms with Gasteiger partial charge in [0.25, 0.3) is 5.91 Å². The quantitative estimate of drug-likeness (QED) is 0.863. The summed E-state index contributed by atoms with van der Waals surface area (Å²) in [6, 6.07) is 3.12. The van der Waals surface area contributed by atoms with Gasteiger partial charge in [0.05, 0.1) is 11.6 Å². The molecule has 1 N–H and O–H groups in total. The molecular weight excluding hydrogens is 270 g/mol. The van der Waals surface area contributed by atoms with Gasteiger partial charge in [0.15, 0.2) is 11.5 Å². The van der Waals surface area contributed by atoms with Crippen LogP contribution in [0.4, 0.5) is 0 Å². The van der Waals surface area contributed by atoms with Crippen LogP contribution in [0.1, 0.15) is 24.2 Å². The van der Waals surface area contributed by atoms with Gasteiger partial charge in [-0.15, -0.1) is 0 Å². The summed E-state index contributed by atoms with van der Waals surface area (Å²) in [7, 11) is 0. The molecule has 1 aliphatic heterocycles. The second-order valence-electron chi connectivity index (χ2n) is 4.62. The zero-order chi connectivity index (χ0) is 13.8. The number of ether oxygens (including phenoxy) is 2. The Morgan fingerprint density at radius 3 is 2.89 bits per heavy atom. The van der Waals surface area contributed by atoms with Gasteiger partial charge in [-0.25, -0.2) is 5.48 Å². The number of carbonyl (C=O) groups excluding carboxylic acids is 1. The highest BCUT2D eigenvalue weighted by Crippen LogP contribution is 2.38. The topological polar surface area (TPSA) is 56.8 Å². The molecule has 0 spiro atoms. The van der Waals surface area contributed by atoms with Crippen LogP contribution in [0.25, 0.3) is 0 Å². The van der Waals surface area contributed by atoms with E-state index >= 15 is 0 Å². The zero-order valence-electron chi connectivity index (χ0n) is 10.9. The monoisotopic (exact) mass is 285 g/mol. The van der Waals surface area contributed by atoms with Crippen LogP contribution in [0.3, 0.4) is 0 Å². The van der Waals surface area contributed by atoms with Crippen molar-refractivity contribution in [3.05, 3.63) is 22.7 Å². The summed E-state index contributed by atoms with van der Waals surface area (Å²) < 4.78 is 10.8. The summed E-state index contributed by atoms with van der Waals surface area (Å²) in [5.74, 6) is 0.934. The average molecular weight is 286 g/mol. The third kappa shape index (κ3) is 3.52. The maximum atomic E-state index is 11.9. The van der Waals surface area contributed by atoms with Crippen LogP contribution in [-0.4, -0.2) is 25.7 Å². The van der Waals surface area contributed by atoms with Crippen molar-refractivity contribution in [2.24, 2.45) is 5.92 Å². The molecule has 1 aliphatic rings. The molecule has 19 heavy (non-hydrogen) atoms. The number of amides is 1. The number of hydrogen-bond donors (Lipinski definition) is 1. The number of hydrogen-bond acceptors (Lipinski definition) is 4. The Labute approximate surface area is 116 Å². The zero-order valence-corrected chi connectivity index (χ0v) is 11.6. The predicted molar refractivity (Wildman–Crippen MR) is 70.7 cm³/mol. The largest absolute Gasteiger partial charge is 0.486 e. The first-order valence-electron chi connectivity index (χ1n) is 6.09. The molecule has 104 valence electrons. The summed E-state index contributed by atoms with van der Waals surface area (Å²) >= 11 is 6.05. The molecule has 2 rings (SSSR count). The number of hydroxylamine groups is 1. The van der Waals surface area contributed by atoms with E-state index < -0.39 is 0 Å². The van der Waals surface area contributed by atoms with Crippen molar-refractivity contribution in [3.63, 3.8) is 0 Å². The molecule has 0 fully saturated rings. The molecule has 0 saturated carbocycles. The highest BCUT2D eigenvalue weighted by atomic mass is 35.5. The van der Waals surface area contributed by atoms with Crippen molar-refractivity contribution in [2.75, 3.05) is 19.8 Å². The molecule has 0 atom stereocenters. The third-order valence-corrected chi connectivity index (χ3v) is 2.72. The van der Waals surface area contributed by atoms with E-state index in [1.165, 1.54) is 6.07 Å². The van der Waals surface area contributed by atoms with Gasteiger partial charge in [-0.2, -0.15) is 0 Å². The van der Waals surface area contributed by atoms with Gasteiger partial charge in [-0.3, -0.25) is 9.63 Å². The molecule has 1 heterocycles. The lowest BCUT2D eigenvalue weighted by molar-refractivity contribution is 0.0208. The summed E-state index contributed by atoms with van der Waals surface area (Å²) in [5.41, 5.74) is 2.74. The Morgan fingerprint density at radius 1 is 1.42 bits per heavy atom. The van der Waals surface area contributed by atoms with Gasteiger partial charge < -0.3 is 9.47 Å². The van der Waals surface area contributed by atoms with Gasteiger partial charge in [-0.05, 0) is 18.1 Å². The van der Waals surface area contributed by atoms with Gasteiger partial charge in [0.1, 0.15) is 13.2 Å². The van der Waals surface area contributed by atoms with E-state index in [4.69, 9.17) is 25.9 Å². The molecule has 6 heteroatoms. The minimum Gasteiger partial charge on any atom is -0.486 e. The molecule has 0 aromatic heterocycles. The van der Waals surface area contributed by atoms with Crippen LogP contribution in [-0.2, 0) is 4.84 Å². The highest BCUT2D eigenvalue weighted by molar-refractivity contribution is 6.32. The van der Waals surface area contributed by atoms with Crippen molar-refractivity contribution in [1.29, 1.82) is 0 Å². The maximum absolute atomic E-state index is 11.9. The van der Waals surface area contributed by atoms with Crippen molar-refractivity contribution >= 4 is 17.5 Å². The molecular formula is C13H16ClNO4. The molecule has 0 unspecified atom stereocenters. The Bertz CT molecular complexity index is 476. The molecule has 1 amide bonds.